The minimum Gasteiger partial charge on any atom is -0.481 e. The molecule has 0 spiro atoms. The van der Waals surface area contributed by atoms with Gasteiger partial charge in [0.15, 0.2) is 0 Å². The summed E-state index contributed by atoms with van der Waals surface area (Å²) < 4.78 is 25.7. The van der Waals surface area contributed by atoms with Crippen molar-refractivity contribution in [3.05, 3.63) is 22.0 Å². The summed E-state index contributed by atoms with van der Waals surface area (Å²) in [6.45, 7) is 1.42. The van der Waals surface area contributed by atoms with Crippen molar-refractivity contribution in [2.75, 3.05) is 0 Å². The zero-order chi connectivity index (χ0) is 13.2. The highest BCUT2D eigenvalue weighted by Crippen LogP contribution is 2.28. The summed E-state index contributed by atoms with van der Waals surface area (Å²) in [5.41, 5.74) is -1.76. The van der Waals surface area contributed by atoms with Crippen LogP contribution in [0.4, 0.5) is 14.5 Å². The van der Waals surface area contributed by atoms with Crippen molar-refractivity contribution in [2.45, 2.75) is 25.8 Å². The summed E-state index contributed by atoms with van der Waals surface area (Å²) in [6, 6.07) is -0.737. The highest BCUT2D eigenvalue weighted by atomic mass is 19.3. The molecule has 0 saturated heterocycles. The van der Waals surface area contributed by atoms with Crippen LogP contribution in [-0.4, -0.2) is 25.8 Å². The van der Waals surface area contributed by atoms with Crippen LogP contribution in [0.15, 0.2) is 6.20 Å². The highest BCUT2D eigenvalue weighted by molar-refractivity contribution is 5.67. The third kappa shape index (κ3) is 2.95. The van der Waals surface area contributed by atoms with Gasteiger partial charge < -0.3 is 5.11 Å². The van der Waals surface area contributed by atoms with Crippen molar-refractivity contribution in [1.82, 2.24) is 9.78 Å². The second-order valence-corrected chi connectivity index (χ2v) is 3.38. The SMILES string of the molecule is CC(CC(=O)O)n1cc([N+](=O)[O-])c(C(F)F)n1. The van der Waals surface area contributed by atoms with Crippen molar-refractivity contribution in [3.8, 4) is 0 Å². The Kier molecular flexibility index (Phi) is 3.71. The number of rotatable bonds is 5. The van der Waals surface area contributed by atoms with Gasteiger partial charge in [-0.15, -0.1) is 0 Å². The van der Waals surface area contributed by atoms with Gasteiger partial charge in [-0.25, -0.2) is 8.78 Å². The van der Waals surface area contributed by atoms with Gasteiger partial charge in [-0.2, -0.15) is 5.10 Å². The first-order valence-electron chi connectivity index (χ1n) is 4.56. The fourth-order valence-corrected chi connectivity index (χ4v) is 1.26. The lowest BCUT2D eigenvalue weighted by Crippen LogP contribution is -2.11. The van der Waals surface area contributed by atoms with E-state index in [9.17, 15) is 23.7 Å². The minimum absolute atomic E-state index is 0.360. The van der Waals surface area contributed by atoms with Crippen LogP contribution in [0.3, 0.4) is 0 Å². The van der Waals surface area contributed by atoms with E-state index >= 15 is 0 Å². The van der Waals surface area contributed by atoms with E-state index in [2.05, 4.69) is 5.10 Å². The first-order chi connectivity index (χ1) is 7.82. The van der Waals surface area contributed by atoms with E-state index in [1.54, 1.807) is 0 Å². The average Bonchev–Trinajstić information content (AvgIpc) is 2.60. The van der Waals surface area contributed by atoms with Crippen molar-refractivity contribution < 1.29 is 23.6 Å². The molecule has 0 radical (unpaired) electrons. The number of hydrogen-bond acceptors (Lipinski definition) is 4. The quantitative estimate of drug-likeness (QED) is 0.633. The number of hydrogen-bond donors (Lipinski definition) is 1. The largest absolute Gasteiger partial charge is 0.481 e. The number of nitro groups is 1. The average molecular weight is 249 g/mol. The molecule has 0 aliphatic rings. The van der Waals surface area contributed by atoms with E-state index < -0.39 is 34.7 Å². The molecule has 1 aromatic rings. The highest BCUT2D eigenvalue weighted by Gasteiger charge is 2.28. The first-order valence-corrected chi connectivity index (χ1v) is 4.56. The minimum atomic E-state index is -3.08. The van der Waals surface area contributed by atoms with Gasteiger partial charge in [0.2, 0.25) is 5.69 Å². The summed E-state index contributed by atoms with van der Waals surface area (Å²) in [4.78, 5) is 19.9. The lowest BCUT2D eigenvalue weighted by Gasteiger charge is -2.07. The van der Waals surface area contributed by atoms with Crippen molar-refractivity contribution in [1.29, 1.82) is 0 Å². The number of aromatic nitrogens is 2. The fourth-order valence-electron chi connectivity index (χ4n) is 1.26. The van der Waals surface area contributed by atoms with Crippen LogP contribution in [0.25, 0.3) is 0 Å². The molecule has 1 N–H and O–H groups in total. The molecule has 0 bridgehead atoms. The Morgan fingerprint density at radius 1 is 1.71 bits per heavy atom. The molecular formula is C8H9F2N3O4. The molecule has 0 aromatic carbocycles. The molecule has 0 aliphatic carbocycles. The number of carbonyl (C=O) groups is 1. The molecule has 1 rings (SSSR count). The molecule has 7 nitrogen and oxygen atoms in total. The fraction of sp³-hybridized carbons (Fsp3) is 0.500. The van der Waals surface area contributed by atoms with Crippen molar-refractivity contribution in [2.24, 2.45) is 0 Å². The van der Waals surface area contributed by atoms with Crippen LogP contribution in [-0.2, 0) is 4.79 Å². The molecule has 0 fully saturated rings. The Morgan fingerprint density at radius 2 is 2.29 bits per heavy atom. The lowest BCUT2D eigenvalue weighted by molar-refractivity contribution is -0.386. The van der Waals surface area contributed by atoms with Gasteiger partial charge in [-0.05, 0) is 6.92 Å². The van der Waals surface area contributed by atoms with E-state index in [0.29, 0.717) is 0 Å². The molecule has 1 heterocycles. The van der Waals surface area contributed by atoms with Crippen LogP contribution in [0.1, 0.15) is 31.5 Å². The Bertz CT molecular complexity index is 446. The summed E-state index contributed by atoms with van der Waals surface area (Å²) in [7, 11) is 0. The zero-order valence-corrected chi connectivity index (χ0v) is 8.71. The van der Waals surface area contributed by atoms with E-state index in [-0.39, 0.29) is 6.42 Å². The molecule has 0 aliphatic heterocycles. The second kappa shape index (κ2) is 4.85. The maximum absolute atomic E-state index is 12.4. The van der Waals surface area contributed by atoms with Crippen LogP contribution in [0.2, 0.25) is 0 Å². The predicted octanol–water partition coefficient (Wildman–Crippen LogP) is 1.76. The standard InChI is InChI=1S/C8H9F2N3O4/c1-4(2-6(14)15)12-3-5(13(16)17)7(11-12)8(9)10/h3-4,8H,2H2,1H3,(H,14,15). The van der Waals surface area contributed by atoms with Gasteiger partial charge >= 0.3 is 11.7 Å². The van der Waals surface area contributed by atoms with Gasteiger partial charge in [-0.3, -0.25) is 19.6 Å². The van der Waals surface area contributed by atoms with Crippen LogP contribution >= 0.6 is 0 Å². The topological polar surface area (TPSA) is 98.3 Å². The number of aliphatic carboxylic acids is 1. The maximum atomic E-state index is 12.4. The smallest absolute Gasteiger partial charge is 0.316 e. The maximum Gasteiger partial charge on any atom is 0.316 e. The van der Waals surface area contributed by atoms with Crippen molar-refractivity contribution in [3.63, 3.8) is 0 Å². The monoisotopic (exact) mass is 249 g/mol. The van der Waals surface area contributed by atoms with Gasteiger partial charge in [0.25, 0.3) is 6.43 Å². The first kappa shape index (κ1) is 13.0. The Labute approximate surface area is 93.8 Å². The molecule has 0 amide bonds. The predicted molar refractivity (Wildman–Crippen MR) is 50.8 cm³/mol. The van der Waals surface area contributed by atoms with Gasteiger partial charge in [0.1, 0.15) is 6.20 Å². The number of halogens is 2. The second-order valence-electron chi connectivity index (χ2n) is 3.38. The van der Waals surface area contributed by atoms with Gasteiger partial charge in [0, 0.05) is 0 Å². The third-order valence-corrected chi connectivity index (χ3v) is 2.07. The Morgan fingerprint density at radius 3 is 2.65 bits per heavy atom. The van der Waals surface area contributed by atoms with E-state index in [0.717, 1.165) is 10.9 Å². The Balaban J connectivity index is 3.07. The molecule has 1 atom stereocenters. The van der Waals surface area contributed by atoms with Crippen LogP contribution in [0.5, 0.6) is 0 Å². The van der Waals surface area contributed by atoms with E-state index in [4.69, 9.17) is 5.11 Å². The third-order valence-electron chi connectivity index (χ3n) is 2.07. The molecule has 9 heteroatoms. The van der Waals surface area contributed by atoms with E-state index in [1.807, 2.05) is 0 Å². The summed E-state index contributed by atoms with van der Waals surface area (Å²) in [5.74, 6) is -1.14. The number of alkyl halides is 2. The summed E-state index contributed by atoms with van der Waals surface area (Å²) >= 11 is 0. The zero-order valence-electron chi connectivity index (χ0n) is 8.71. The summed E-state index contributed by atoms with van der Waals surface area (Å²) in [5, 5.41) is 22.3. The molecule has 0 saturated carbocycles. The number of carboxylic acids is 1. The normalized spacial score (nSPS) is 12.7. The van der Waals surface area contributed by atoms with E-state index in [1.165, 1.54) is 6.92 Å². The molecule has 1 aromatic heterocycles. The lowest BCUT2D eigenvalue weighted by atomic mass is 10.2. The molecular weight excluding hydrogens is 240 g/mol. The molecule has 1 unspecified atom stereocenters. The number of carboxylic acid groups (broad SMARTS) is 1. The molecule has 17 heavy (non-hydrogen) atoms. The van der Waals surface area contributed by atoms with Gasteiger partial charge in [-0.1, -0.05) is 0 Å². The van der Waals surface area contributed by atoms with Gasteiger partial charge in [0.05, 0.1) is 17.4 Å². The summed E-state index contributed by atoms with van der Waals surface area (Å²) in [6.07, 6.45) is -2.62. The van der Waals surface area contributed by atoms with Crippen molar-refractivity contribution >= 4 is 11.7 Å². The molecule has 94 valence electrons. The van der Waals surface area contributed by atoms with Crippen LogP contribution < -0.4 is 0 Å². The van der Waals surface area contributed by atoms with Crippen LogP contribution in [0, 0.1) is 10.1 Å². The Hall–Kier alpha value is -2.06. The number of nitrogens with zero attached hydrogens (tertiary/aromatic N) is 3.